The topological polar surface area (TPSA) is 47.2 Å². The summed E-state index contributed by atoms with van der Waals surface area (Å²) in [7, 11) is 0. The molecular weight excluding hydrogens is 314 g/mol. The number of hydrogen-bond acceptors (Lipinski definition) is 2. The van der Waals surface area contributed by atoms with E-state index in [2.05, 4.69) is 6.07 Å². The molecule has 0 N–H and O–H groups in total. The van der Waals surface area contributed by atoms with Crippen molar-refractivity contribution in [1.29, 1.82) is 0 Å². The molecule has 0 saturated carbocycles. The smallest absolute Gasteiger partial charge is 0.311 e. The monoisotopic (exact) mass is 335 g/mol. The van der Waals surface area contributed by atoms with Gasteiger partial charge in [-0.05, 0) is 43.5 Å². The summed E-state index contributed by atoms with van der Waals surface area (Å²) in [5.41, 5.74) is 3.74. The maximum absolute atomic E-state index is 13.0. The highest BCUT2D eigenvalue weighted by Crippen LogP contribution is 2.27. The number of hydrogen-bond donors (Lipinski definition) is 0. The molecule has 0 unspecified atom stereocenters. The molecule has 0 radical (unpaired) electrons. The van der Waals surface area contributed by atoms with Gasteiger partial charge in [0.15, 0.2) is 0 Å². The molecule has 128 valence electrons. The van der Waals surface area contributed by atoms with Gasteiger partial charge in [0.1, 0.15) is 6.54 Å². The molecule has 0 fully saturated rings. The van der Waals surface area contributed by atoms with Crippen LogP contribution in [0.4, 0.5) is 5.69 Å². The van der Waals surface area contributed by atoms with E-state index in [1.54, 1.807) is 9.13 Å². The summed E-state index contributed by atoms with van der Waals surface area (Å²) < 4.78 is 3.31. The van der Waals surface area contributed by atoms with Gasteiger partial charge >= 0.3 is 5.69 Å². The average molecular weight is 335 g/mol. The second kappa shape index (κ2) is 6.24. The van der Waals surface area contributed by atoms with Crippen molar-refractivity contribution in [3.05, 3.63) is 64.6 Å². The van der Waals surface area contributed by atoms with Crippen LogP contribution in [0.2, 0.25) is 0 Å². The Labute approximate surface area is 146 Å². The number of anilines is 1. The molecule has 4 rings (SSSR count). The van der Waals surface area contributed by atoms with E-state index >= 15 is 0 Å². The summed E-state index contributed by atoms with van der Waals surface area (Å²) in [4.78, 5) is 27.5. The Morgan fingerprint density at radius 2 is 1.68 bits per heavy atom. The number of carbonyl (C=O) groups is 1. The third kappa shape index (κ3) is 2.56. The number of amides is 1. The van der Waals surface area contributed by atoms with E-state index in [0.717, 1.165) is 29.6 Å². The largest absolute Gasteiger partial charge is 0.329 e. The zero-order valence-electron chi connectivity index (χ0n) is 14.3. The van der Waals surface area contributed by atoms with Gasteiger partial charge in [-0.1, -0.05) is 30.3 Å². The standard InChI is InChI=1S/C20H21N3O2/c1-2-21-17-11-5-6-12-18(17)23(20(21)25)14-19(24)22-13-7-9-15-8-3-4-10-16(15)22/h3-6,8,10-12H,2,7,9,13-14H2,1H3. The highest BCUT2D eigenvalue weighted by Gasteiger charge is 2.24. The van der Waals surface area contributed by atoms with Crippen LogP contribution in [0.3, 0.4) is 0 Å². The van der Waals surface area contributed by atoms with E-state index in [0.29, 0.717) is 13.1 Å². The van der Waals surface area contributed by atoms with Crippen molar-refractivity contribution in [1.82, 2.24) is 9.13 Å². The van der Waals surface area contributed by atoms with Crippen LogP contribution in [0, 0.1) is 0 Å². The first kappa shape index (κ1) is 15.7. The van der Waals surface area contributed by atoms with Crippen LogP contribution < -0.4 is 10.6 Å². The van der Waals surface area contributed by atoms with Crippen LogP contribution in [0.5, 0.6) is 0 Å². The Morgan fingerprint density at radius 3 is 2.44 bits per heavy atom. The van der Waals surface area contributed by atoms with E-state index in [9.17, 15) is 9.59 Å². The number of carbonyl (C=O) groups excluding carboxylic acids is 1. The normalized spacial score (nSPS) is 13.9. The van der Waals surface area contributed by atoms with E-state index in [1.807, 2.05) is 54.3 Å². The Balaban J connectivity index is 1.72. The molecule has 5 heteroatoms. The molecule has 2 heterocycles. The van der Waals surface area contributed by atoms with Crippen LogP contribution in [0.1, 0.15) is 18.9 Å². The van der Waals surface area contributed by atoms with E-state index in [4.69, 9.17) is 0 Å². The van der Waals surface area contributed by atoms with Crippen LogP contribution in [-0.2, 0) is 24.3 Å². The Hall–Kier alpha value is -2.82. The number of aromatic nitrogens is 2. The van der Waals surface area contributed by atoms with Gasteiger partial charge in [-0.15, -0.1) is 0 Å². The molecule has 1 amide bonds. The van der Waals surface area contributed by atoms with Gasteiger partial charge in [-0.3, -0.25) is 13.9 Å². The molecule has 0 spiro atoms. The van der Waals surface area contributed by atoms with Crippen molar-refractivity contribution in [3.8, 4) is 0 Å². The lowest BCUT2D eigenvalue weighted by atomic mass is 10.0. The minimum atomic E-state index is -0.123. The van der Waals surface area contributed by atoms with Crippen LogP contribution in [0.25, 0.3) is 11.0 Å². The molecule has 0 atom stereocenters. The van der Waals surface area contributed by atoms with E-state index in [1.165, 1.54) is 5.56 Å². The number of fused-ring (bicyclic) bond motifs is 2. The van der Waals surface area contributed by atoms with Crippen molar-refractivity contribution in [3.63, 3.8) is 0 Å². The highest BCUT2D eigenvalue weighted by molar-refractivity contribution is 5.95. The zero-order chi connectivity index (χ0) is 17.4. The van der Waals surface area contributed by atoms with Gasteiger partial charge in [0, 0.05) is 18.8 Å². The fourth-order valence-electron chi connectivity index (χ4n) is 3.74. The summed E-state index contributed by atoms with van der Waals surface area (Å²) in [6, 6.07) is 15.7. The lowest BCUT2D eigenvalue weighted by molar-refractivity contribution is -0.119. The van der Waals surface area contributed by atoms with Crippen molar-refractivity contribution >= 4 is 22.6 Å². The molecule has 3 aromatic rings. The third-order valence-electron chi connectivity index (χ3n) is 4.95. The maximum Gasteiger partial charge on any atom is 0.329 e. The molecular formula is C20H21N3O2. The van der Waals surface area contributed by atoms with Crippen molar-refractivity contribution in [2.45, 2.75) is 32.9 Å². The maximum atomic E-state index is 13.0. The average Bonchev–Trinajstić information content (AvgIpc) is 2.92. The molecule has 1 aliphatic heterocycles. The van der Waals surface area contributed by atoms with Crippen molar-refractivity contribution in [2.24, 2.45) is 0 Å². The second-order valence-electron chi connectivity index (χ2n) is 6.38. The quantitative estimate of drug-likeness (QED) is 0.739. The molecule has 1 aromatic heterocycles. The SMILES string of the molecule is CCn1c(=O)n(CC(=O)N2CCCc3ccccc32)c2ccccc21. The number of para-hydroxylation sites is 3. The molecule has 1 aliphatic rings. The fraction of sp³-hybridized carbons (Fsp3) is 0.300. The first-order valence-corrected chi connectivity index (χ1v) is 8.77. The second-order valence-corrected chi connectivity index (χ2v) is 6.38. The van der Waals surface area contributed by atoms with Crippen LogP contribution in [-0.4, -0.2) is 21.6 Å². The number of imidazole rings is 1. The highest BCUT2D eigenvalue weighted by atomic mass is 16.2. The molecule has 2 aromatic carbocycles. The zero-order valence-corrected chi connectivity index (χ0v) is 14.3. The first-order valence-electron chi connectivity index (χ1n) is 8.77. The Bertz CT molecular complexity index is 1000. The van der Waals surface area contributed by atoms with Gasteiger partial charge in [-0.2, -0.15) is 0 Å². The summed E-state index contributed by atoms with van der Waals surface area (Å²) in [6.45, 7) is 3.31. The minimum absolute atomic E-state index is 0.0340. The fourth-order valence-corrected chi connectivity index (χ4v) is 3.74. The number of benzene rings is 2. The molecule has 0 saturated heterocycles. The van der Waals surface area contributed by atoms with Crippen LogP contribution >= 0.6 is 0 Å². The van der Waals surface area contributed by atoms with Gasteiger partial charge in [0.25, 0.3) is 0 Å². The van der Waals surface area contributed by atoms with E-state index in [-0.39, 0.29) is 18.1 Å². The van der Waals surface area contributed by atoms with Gasteiger partial charge in [0.2, 0.25) is 5.91 Å². The lowest BCUT2D eigenvalue weighted by Gasteiger charge is -2.29. The first-order chi connectivity index (χ1) is 12.2. The van der Waals surface area contributed by atoms with Gasteiger partial charge in [0.05, 0.1) is 11.0 Å². The van der Waals surface area contributed by atoms with Crippen LogP contribution in [0.15, 0.2) is 53.3 Å². The lowest BCUT2D eigenvalue weighted by Crippen LogP contribution is -2.39. The molecule has 5 nitrogen and oxygen atoms in total. The Morgan fingerprint density at radius 1 is 1.00 bits per heavy atom. The van der Waals surface area contributed by atoms with E-state index < -0.39 is 0 Å². The Kier molecular flexibility index (Phi) is 3.92. The number of rotatable bonds is 3. The molecule has 0 aliphatic carbocycles. The minimum Gasteiger partial charge on any atom is -0.311 e. The molecule has 25 heavy (non-hydrogen) atoms. The van der Waals surface area contributed by atoms with Gasteiger partial charge < -0.3 is 4.90 Å². The van der Waals surface area contributed by atoms with Gasteiger partial charge in [-0.25, -0.2) is 4.79 Å². The van der Waals surface area contributed by atoms with Crippen molar-refractivity contribution < 1.29 is 4.79 Å². The van der Waals surface area contributed by atoms with Crippen molar-refractivity contribution in [2.75, 3.05) is 11.4 Å². The predicted octanol–water partition coefficient (Wildman–Crippen LogP) is 2.80. The summed E-state index contributed by atoms with van der Waals surface area (Å²) in [5.74, 6) is -0.0340. The summed E-state index contributed by atoms with van der Waals surface area (Å²) >= 11 is 0. The molecule has 0 bridgehead atoms. The predicted molar refractivity (Wildman–Crippen MR) is 99.0 cm³/mol. The number of nitrogens with zero attached hydrogens (tertiary/aromatic N) is 3. The number of aryl methyl sites for hydroxylation is 2. The summed E-state index contributed by atoms with van der Waals surface area (Å²) in [6.07, 6.45) is 1.95. The summed E-state index contributed by atoms with van der Waals surface area (Å²) in [5, 5.41) is 0. The third-order valence-corrected chi connectivity index (χ3v) is 4.95.